The molecule has 8 heteroatoms. The maximum Gasteiger partial charge on any atom is 0.0480 e. The molecule has 3 atom stereocenters. The molecule has 2 aliphatic carbocycles. The van der Waals surface area contributed by atoms with Crippen molar-refractivity contribution < 1.29 is 0 Å². The lowest BCUT2D eigenvalue weighted by Gasteiger charge is -2.27. The molecular weight excluding hydrogens is 755 g/mol. The fourth-order valence-electron chi connectivity index (χ4n) is 7.22. The number of H-pyrrole nitrogens is 2. The van der Waals surface area contributed by atoms with E-state index in [9.17, 15) is 0 Å². The zero-order valence-electron chi connectivity index (χ0n) is 26.5. The molecule has 246 valence electrons. The van der Waals surface area contributed by atoms with Crippen molar-refractivity contribution in [2.24, 2.45) is 0 Å². The predicted molar refractivity (Wildman–Crippen MR) is 209 cm³/mol. The van der Waals surface area contributed by atoms with E-state index in [0.29, 0.717) is 18.1 Å². The van der Waals surface area contributed by atoms with Crippen LogP contribution in [0.15, 0.2) is 106 Å². The molecular formula is C39H42Br2Cl2N4. The van der Waals surface area contributed by atoms with Crippen LogP contribution in [-0.4, -0.2) is 9.97 Å². The van der Waals surface area contributed by atoms with Gasteiger partial charge in [-0.05, 0) is 104 Å². The minimum absolute atomic E-state index is 0. The number of nitrogens with one attached hydrogen (secondary N) is 4. The highest BCUT2D eigenvalue weighted by Gasteiger charge is 2.26. The molecule has 0 bridgehead atoms. The van der Waals surface area contributed by atoms with E-state index in [1.54, 1.807) is 0 Å². The van der Waals surface area contributed by atoms with Crippen LogP contribution in [0.1, 0.15) is 84.4 Å². The molecule has 4 N–H and O–H groups in total. The van der Waals surface area contributed by atoms with Crippen LogP contribution in [0, 0.1) is 0 Å². The smallest absolute Gasteiger partial charge is 0.0480 e. The predicted octanol–water partition coefficient (Wildman–Crippen LogP) is 11.6. The summed E-state index contributed by atoms with van der Waals surface area (Å²) in [6.07, 6.45) is 7.23. The SMILES string of the molecule is Brc1ccc2[nH]c3c(c2c1)CCCC3NCc1ccccc1.C[C@@H](NC1CCCc2c1[nH]c1ccc(Br)cc21)c1ccccc1.Cl.Cl. The maximum atomic E-state index is 3.82. The number of aromatic nitrogens is 2. The van der Waals surface area contributed by atoms with Gasteiger partial charge in [0.1, 0.15) is 0 Å². The van der Waals surface area contributed by atoms with Crippen molar-refractivity contribution in [3.8, 4) is 0 Å². The molecule has 2 aromatic heterocycles. The van der Waals surface area contributed by atoms with Gasteiger partial charge >= 0.3 is 0 Å². The number of aryl methyl sites for hydroxylation is 2. The lowest BCUT2D eigenvalue weighted by molar-refractivity contribution is 0.410. The van der Waals surface area contributed by atoms with Gasteiger partial charge in [-0.3, -0.25) is 0 Å². The molecule has 4 nitrogen and oxygen atoms in total. The van der Waals surface area contributed by atoms with E-state index in [1.165, 1.54) is 94.0 Å². The molecule has 6 aromatic rings. The van der Waals surface area contributed by atoms with Crippen molar-refractivity contribution in [1.29, 1.82) is 0 Å². The van der Waals surface area contributed by atoms with Crippen molar-refractivity contribution >= 4 is 78.5 Å². The van der Waals surface area contributed by atoms with Gasteiger partial charge in [0.15, 0.2) is 0 Å². The Labute approximate surface area is 307 Å². The summed E-state index contributed by atoms with van der Waals surface area (Å²) >= 11 is 7.19. The molecule has 0 aliphatic heterocycles. The van der Waals surface area contributed by atoms with Crippen LogP contribution >= 0.6 is 56.7 Å². The van der Waals surface area contributed by atoms with Crippen LogP contribution in [0.25, 0.3) is 21.8 Å². The van der Waals surface area contributed by atoms with E-state index in [2.05, 4.69) is 156 Å². The van der Waals surface area contributed by atoms with Crippen LogP contribution in [0.2, 0.25) is 0 Å². The summed E-state index contributed by atoms with van der Waals surface area (Å²) in [5.74, 6) is 0. The zero-order chi connectivity index (χ0) is 30.8. The van der Waals surface area contributed by atoms with Crippen LogP contribution in [0.5, 0.6) is 0 Å². The Morgan fingerprint density at radius 1 is 0.681 bits per heavy atom. The second-order valence-electron chi connectivity index (χ2n) is 12.5. The highest BCUT2D eigenvalue weighted by Crippen LogP contribution is 2.38. The monoisotopic (exact) mass is 794 g/mol. The Balaban J connectivity index is 0.000000177. The lowest BCUT2D eigenvalue weighted by Crippen LogP contribution is -2.27. The molecule has 0 radical (unpaired) electrons. The summed E-state index contributed by atoms with van der Waals surface area (Å²) in [6, 6.07) is 35.6. The van der Waals surface area contributed by atoms with Gasteiger partial charge in [0.2, 0.25) is 0 Å². The Morgan fingerprint density at radius 2 is 1.19 bits per heavy atom. The Bertz CT molecular complexity index is 1900. The number of halogens is 4. The number of aromatic amines is 2. The fourth-order valence-corrected chi connectivity index (χ4v) is 7.94. The summed E-state index contributed by atoms with van der Waals surface area (Å²) in [5.41, 5.74) is 10.9. The molecule has 0 spiro atoms. The first-order valence-electron chi connectivity index (χ1n) is 16.2. The number of benzene rings is 4. The van der Waals surface area contributed by atoms with Crippen molar-refractivity contribution in [2.75, 3.05) is 0 Å². The first-order valence-corrected chi connectivity index (χ1v) is 17.8. The van der Waals surface area contributed by atoms with Crippen LogP contribution in [0.4, 0.5) is 0 Å². The average Bonchev–Trinajstić information content (AvgIpc) is 3.64. The Kier molecular flexibility index (Phi) is 12.3. The van der Waals surface area contributed by atoms with Gasteiger partial charge in [-0.25, -0.2) is 0 Å². The maximum absolute atomic E-state index is 3.82. The molecule has 2 heterocycles. The Hall–Kier alpha value is -2.58. The second-order valence-corrected chi connectivity index (χ2v) is 14.3. The van der Waals surface area contributed by atoms with Crippen molar-refractivity contribution in [3.63, 3.8) is 0 Å². The summed E-state index contributed by atoms with van der Waals surface area (Å²) in [4.78, 5) is 7.31. The van der Waals surface area contributed by atoms with E-state index in [-0.39, 0.29) is 24.8 Å². The number of hydrogen-bond donors (Lipinski definition) is 4. The number of fused-ring (bicyclic) bond motifs is 6. The molecule has 47 heavy (non-hydrogen) atoms. The number of hydrogen-bond acceptors (Lipinski definition) is 2. The van der Waals surface area contributed by atoms with E-state index < -0.39 is 0 Å². The topological polar surface area (TPSA) is 55.6 Å². The molecule has 2 unspecified atom stereocenters. The molecule has 0 amide bonds. The molecule has 2 aliphatic rings. The van der Waals surface area contributed by atoms with Gasteiger partial charge in [-0.15, -0.1) is 24.8 Å². The fraction of sp³-hybridized carbons (Fsp3) is 0.282. The van der Waals surface area contributed by atoms with Crippen LogP contribution in [0.3, 0.4) is 0 Å². The molecule has 8 rings (SSSR count). The van der Waals surface area contributed by atoms with E-state index in [1.807, 2.05) is 0 Å². The van der Waals surface area contributed by atoms with Crippen LogP contribution in [-0.2, 0) is 19.4 Å². The highest BCUT2D eigenvalue weighted by molar-refractivity contribution is 9.10. The minimum atomic E-state index is 0. The van der Waals surface area contributed by atoms with Gasteiger partial charge in [0.25, 0.3) is 0 Å². The van der Waals surface area contributed by atoms with E-state index in [0.717, 1.165) is 15.5 Å². The van der Waals surface area contributed by atoms with Gasteiger partial charge in [-0.1, -0.05) is 92.5 Å². The largest absolute Gasteiger partial charge is 0.357 e. The molecule has 4 aromatic carbocycles. The van der Waals surface area contributed by atoms with Gasteiger partial charge in [-0.2, -0.15) is 0 Å². The highest BCUT2D eigenvalue weighted by atomic mass is 79.9. The lowest BCUT2D eigenvalue weighted by atomic mass is 9.91. The van der Waals surface area contributed by atoms with Crippen molar-refractivity contribution in [3.05, 3.63) is 140 Å². The molecule has 0 fully saturated rings. The van der Waals surface area contributed by atoms with E-state index in [4.69, 9.17) is 0 Å². The quantitative estimate of drug-likeness (QED) is 0.136. The van der Waals surface area contributed by atoms with E-state index >= 15 is 0 Å². The molecule has 0 saturated heterocycles. The summed E-state index contributed by atoms with van der Waals surface area (Å²) in [5, 5.41) is 10.3. The zero-order valence-corrected chi connectivity index (χ0v) is 31.3. The standard InChI is InChI=1S/C20H21BrN2.C19H19BrN2.2ClH/c1-13(14-6-3-2-4-7-14)22-19-9-5-8-16-17-12-15(21)10-11-18(17)23-20(16)19;20-14-9-10-17-16(11-14)15-7-4-8-18(19(15)22-17)21-12-13-5-2-1-3-6-13;;/h2-4,6-7,10-13,19,22-23H,5,8-9H2,1H3;1-3,5-6,9-11,18,21-22H,4,7-8,12H2;2*1H/t13-,19?;;;/m1.../s1. The minimum Gasteiger partial charge on any atom is -0.357 e. The van der Waals surface area contributed by atoms with Gasteiger partial charge in [0.05, 0.1) is 0 Å². The van der Waals surface area contributed by atoms with Gasteiger partial charge < -0.3 is 20.6 Å². The number of rotatable bonds is 6. The third kappa shape index (κ3) is 8.01. The third-order valence-electron chi connectivity index (χ3n) is 9.48. The normalized spacial score (nSPS) is 17.4. The van der Waals surface area contributed by atoms with Crippen molar-refractivity contribution in [1.82, 2.24) is 20.6 Å². The third-order valence-corrected chi connectivity index (χ3v) is 10.5. The van der Waals surface area contributed by atoms with Gasteiger partial charge in [0, 0.05) is 66.8 Å². The first kappa shape index (κ1) is 35.7. The average molecular weight is 798 g/mol. The second kappa shape index (κ2) is 16.2. The summed E-state index contributed by atoms with van der Waals surface area (Å²) < 4.78 is 2.31. The summed E-state index contributed by atoms with van der Waals surface area (Å²) in [6.45, 7) is 3.17. The summed E-state index contributed by atoms with van der Waals surface area (Å²) in [7, 11) is 0. The van der Waals surface area contributed by atoms with Crippen LogP contribution < -0.4 is 10.6 Å². The van der Waals surface area contributed by atoms with Crippen molar-refractivity contribution in [2.45, 2.75) is 70.1 Å². The molecule has 0 saturated carbocycles. The first-order chi connectivity index (χ1) is 22.0. The Morgan fingerprint density at radius 3 is 1.77 bits per heavy atom.